The summed E-state index contributed by atoms with van der Waals surface area (Å²) in [5.41, 5.74) is 0. The van der Waals surface area contributed by atoms with Gasteiger partial charge in [-0.3, -0.25) is 4.79 Å². The fourth-order valence-electron chi connectivity index (χ4n) is 2.63. The van der Waals surface area contributed by atoms with Gasteiger partial charge in [0.25, 0.3) is 0 Å². The van der Waals surface area contributed by atoms with Crippen LogP contribution in [0.1, 0.15) is 57.8 Å². The third kappa shape index (κ3) is 11.5. The molecule has 0 aromatic rings. The van der Waals surface area contributed by atoms with Gasteiger partial charge in [-0.25, -0.2) is 0 Å². The van der Waals surface area contributed by atoms with E-state index in [1.54, 1.807) is 24.3 Å². The van der Waals surface area contributed by atoms with E-state index >= 15 is 0 Å². The van der Waals surface area contributed by atoms with Crippen LogP contribution in [-0.4, -0.2) is 28.4 Å². The van der Waals surface area contributed by atoms with Crippen LogP contribution in [0, 0.1) is 29.6 Å². The molecule has 1 aliphatic carbocycles. The van der Waals surface area contributed by atoms with Crippen molar-refractivity contribution in [3.05, 3.63) is 24.3 Å². The molecule has 5 nitrogen and oxygen atoms in total. The van der Waals surface area contributed by atoms with Crippen LogP contribution < -0.4 is 5.90 Å². The van der Waals surface area contributed by atoms with Gasteiger partial charge in [0, 0.05) is 18.8 Å². The number of carbonyl (C=O) groups is 1. The van der Waals surface area contributed by atoms with Crippen LogP contribution in [-0.2, 0) is 9.63 Å². The fourth-order valence-corrected chi connectivity index (χ4v) is 2.63. The van der Waals surface area contributed by atoms with Gasteiger partial charge in [0.2, 0.25) is 0 Å². The molecule has 0 saturated heterocycles. The van der Waals surface area contributed by atoms with Gasteiger partial charge in [0.05, 0.1) is 6.10 Å². The molecule has 2 atom stereocenters. The summed E-state index contributed by atoms with van der Waals surface area (Å²) in [6.45, 7) is 0. The zero-order valence-electron chi connectivity index (χ0n) is 15.2. The molecule has 1 fully saturated rings. The number of hydrogen-bond donors (Lipinski definition) is 3. The maximum Gasteiger partial charge on any atom is 0.324 e. The predicted molar refractivity (Wildman–Crippen MR) is 101 cm³/mol. The molecular weight excluding hydrogens is 330 g/mol. The predicted octanol–water partition coefficient (Wildman–Crippen LogP) is 2.38. The van der Waals surface area contributed by atoms with Crippen LogP contribution in [0.15, 0.2) is 24.3 Å². The van der Waals surface area contributed by atoms with E-state index in [2.05, 4.69) is 28.5 Å². The molecule has 4 N–H and O–H groups in total. The first-order chi connectivity index (χ1) is 12.6. The van der Waals surface area contributed by atoms with Crippen LogP contribution in [0.25, 0.3) is 0 Å². The largest absolute Gasteiger partial charge is 0.388 e. The van der Waals surface area contributed by atoms with Crippen molar-refractivity contribution in [2.45, 2.75) is 70.0 Å². The molecule has 0 aliphatic heterocycles. The van der Waals surface area contributed by atoms with Crippen LogP contribution in [0.3, 0.4) is 0 Å². The lowest BCUT2D eigenvalue weighted by Gasteiger charge is -2.15. The Balaban J connectivity index is 2.19. The number of aliphatic hydroxyl groups excluding tert-OH is 2. The molecule has 0 aromatic carbocycles. The molecule has 0 spiro atoms. The van der Waals surface area contributed by atoms with Gasteiger partial charge in [-0.1, -0.05) is 61.2 Å². The van der Waals surface area contributed by atoms with Gasteiger partial charge in [0.1, 0.15) is 6.10 Å². The summed E-state index contributed by atoms with van der Waals surface area (Å²) in [6, 6.07) is 0. The molecule has 0 radical (unpaired) electrons. The molecule has 142 valence electrons. The molecular formula is C21H29NO4. The highest BCUT2D eigenvalue weighted by atomic mass is 16.7. The van der Waals surface area contributed by atoms with Gasteiger partial charge in [-0.2, -0.15) is 5.90 Å². The average Bonchev–Trinajstić information content (AvgIpc) is 2.65. The highest BCUT2D eigenvalue weighted by Gasteiger charge is 2.09. The van der Waals surface area contributed by atoms with Crippen LogP contribution >= 0.6 is 0 Å². The van der Waals surface area contributed by atoms with Crippen molar-refractivity contribution in [1.29, 1.82) is 0 Å². The Morgan fingerprint density at radius 1 is 1.23 bits per heavy atom. The second-order valence-electron chi connectivity index (χ2n) is 6.36. The lowest BCUT2D eigenvalue weighted by Crippen LogP contribution is -2.11. The summed E-state index contributed by atoms with van der Waals surface area (Å²) >= 11 is 0. The summed E-state index contributed by atoms with van der Waals surface area (Å²) in [5, 5.41) is 19.5. The van der Waals surface area contributed by atoms with Crippen molar-refractivity contribution in [3.8, 4) is 23.7 Å². The van der Waals surface area contributed by atoms with Gasteiger partial charge in [-0.05, 0) is 31.8 Å². The quantitative estimate of drug-likeness (QED) is 0.369. The number of hydrogen-bond acceptors (Lipinski definition) is 5. The molecule has 0 amide bonds. The normalized spacial score (nSPS) is 17.2. The highest BCUT2D eigenvalue weighted by Crippen LogP contribution is 2.22. The summed E-state index contributed by atoms with van der Waals surface area (Å²) < 4.78 is 0. The maximum atomic E-state index is 10.8. The van der Waals surface area contributed by atoms with E-state index in [1.165, 1.54) is 32.1 Å². The molecule has 1 rings (SSSR count). The lowest BCUT2D eigenvalue weighted by molar-refractivity contribution is -0.144. The Morgan fingerprint density at radius 2 is 2.00 bits per heavy atom. The van der Waals surface area contributed by atoms with E-state index in [0.717, 1.165) is 0 Å². The third-order valence-corrected chi connectivity index (χ3v) is 4.09. The van der Waals surface area contributed by atoms with E-state index in [1.807, 2.05) is 0 Å². The Labute approximate surface area is 156 Å². The van der Waals surface area contributed by atoms with Crippen LogP contribution in [0.4, 0.5) is 0 Å². The number of nitrogens with two attached hydrogens (primary N) is 1. The molecule has 0 heterocycles. The Hall–Kier alpha value is -2.05. The first kappa shape index (κ1) is 22.0. The van der Waals surface area contributed by atoms with Crippen molar-refractivity contribution in [3.63, 3.8) is 0 Å². The van der Waals surface area contributed by atoms with Crippen molar-refractivity contribution in [2.75, 3.05) is 0 Å². The van der Waals surface area contributed by atoms with Crippen LogP contribution in [0.2, 0.25) is 0 Å². The second-order valence-corrected chi connectivity index (χ2v) is 6.36. The molecule has 1 saturated carbocycles. The number of carbonyl (C=O) groups excluding carboxylic acids is 1. The minimum Gasteiger partial charge on any atom is -0.388 e. The van der Waals surface area contributed by atoms with Gasteiger partial charge in [0.15, 0.2) is 0 Å². The Bertz CT molecular complexity index is 583. The van der Waals surface area contributed by atoms with Gasteiger partial charge < -0.3 is 15.1 Å². The van der Waals surface area contributed by atoms with E-state index in [-0.39, 0.29) is 6.42 Å². The Morgan fingerprint density at radius 3 is 2.73 bits per heavy atom. The number of allylic oxidation sites excluding steroid dienone is 3. The third-order valence-electron chi connectivity index (χ3n) is 4.09. The standard InChI is InChI=1S/C21H29NO4/c22-26-21(25)17-9-16-20(24)14-7-2-1-6-13-19(23)15-8-12-18-10-4-3-5-11-18/h1-2,6,13,18-20,23-24H,3-5,9-11,15-17,22H2. The van der Waals surface area contributed by atoms with E-state index in [0.29, 0.717) is 25.2 Å². The molecule has 5 heteroatoms. The summed E-state index contributed by atoms with van der Waals surface area (Å²) in [4.78, 5) is 14.8. The smallest absolute Gasteiger partial charge is 0.324 e. The molecule has 0 bridgehead atoms. The zero-order valence-corrected chi connectivity index (χ0v) is 15.2. The molecule has 26 heavy (non-hydrogen) atoms. The van der Waals surface area contributed by atoms with Crippen molar-refractivity contribution in [2.24, 2.45) is 11.8 Å². The van der Waals surface area contributed by atoms with E-state index < -0.39 is 18.2 Å². The van der Waals surface area contributed by atoms with Crippen molar-refractivity contribution in [1.82, 2.24) is 0 Å². The molecule has 0 aromatic heterocycles. The molecule has 2 unspecified atom stereocenters. The number of aliphatic hydroxyl groups is 2. The minimum absolute atomic E-state index is 0.162. The van der Waals surface area contributed by atoms with Gasteiger partial charge in [-0.15, -0.1) is 0 Å². The summed E-state index contributed by atoms with van der Waals surface area (Å²) in [6.07, 6.45) is 13.0. The summed E-state index contributed by atoms with van der Waals surface area (Å²) in [7, 11) is 0. The van der Waals surface area contributed by atoms with Crippen molar-refractivity contribution >= 4 is 5.97 Å². The average molecular weight is 359 g/mol. The maximum absolute atomic E-state index is 10.8. The van der Waals surface area contributed by atoms with Gasteiger partial charge >= 0.3 is 5.97 Å². The van der Waals surface area contributed by atoms with Crippen LogP contribution in [0.5, 0.6) is 0 Å². The summed E-state index contributed by atoms with van der Waals surface area (Å²) in [5.74, 6) is 16.4. The fraction of sp³-hybridized carbons (Fsp3) is 0.571. The Kier molecular flexibility index (Phi) is 12.0. The lowest BCUT2D eigenvalue weighted by atomic mass is 9.90. The SMILES string of the molecule is NOC(=O)CCCC(O)C#CC=CC=CC(O)CC#CC1CCCCC1. The first-order valence-electron chi connectivity index (χ1n) is 9.20. The minimum atomic E-state index is -0.796. The first-order valence-corrected chi connectivity index (χ1v) is 9.20. The monoisotopic (exact) mass is 359 g/mol. The highest BCUT2D eigenvalue weighted by molar-refractivity contribution is 5.68. The zero-order chi connectivity index (χ0) is 19.0. The van der Waals surface area contributed by atoms with E-state index in [9.17, 15) is 15.0 Å². The van der Waals surface area contributed by atoms with E-state index in [4.69, 9.17) is 5.90 Å². The van der Waals surface area contributed by atoms with Crippen molar-refractivity contribution < 1.29 is 19.8 Å². The molecule has 1 aliphatic rings. The number of rotatable bonds is 7. The second kappa shape index (κ2) is 14.2. The topological polar surface area (TPSA) is 92.8 Å².